The zero-order chi connectivity index (χ0) is 26.1. The zero-order valence-electron chi connectivity index (χ0n) is 21.2. The summed E-state index contributed by atoms with van der Waals surface area (Å²) < 4.78 is 11.9. The molecule has 0 saturated carbocycles. The van der Waals surface area contributed by atoms with Crippen LogP contribution in [0.15, 0.2) is 83.3 Å². The van der Waals surface area contributed by atoms with Gasteiger partial charge in [0.05, 0.1) is 7.11 Å². The fraction of sp³-hybridized carbons (Fsp3) is 0.310. The molecule has 0 aromatic heterocycles. The largest absolute Gasteiger partial charge is 0.497 e. The normalized spacial score (nSPS) is 11.9. The average molecular weight is 553 g/mol. The van der Waals surface area contributed by atoms with E-state index in [-0.39, 0.29) is 25.0 Å². The minimum atomic E-state index is -0.720. The molecule has 0 aliphatic heterocycles. The Labute approximate surface area is 221 Å². The van der Waals surface area contributed by atoms with Gasteiger partial charge in [-0.25, -0.2) is 0 Å². The highest BCUT2D eigenvalue weighted by Crippen LogP contribution is 2.20. The molecular formula is C29H33BrN2O4. The lowest BCUT2D eigenvalue weighted by molar-refractivity contribution is -0.143. The Morgan fingerprint density at radius 2 is 1.50 bits per heavy atom. The molecule has 6 nitrogen and oxygen atoms in total. The maximum atomic E-state index is 13.6. The van der Waals surface area contributed by atoms with Crippen LogP contribution in [0.2, 0.25) is 0 Å². The number of hydrogen-bond acceptors (Lipinski definition) is 4. The van der Waals surface area contributed by atoms with Crippen LogP contribution in [-0.2, 0) is 22.6 Å². The number of rotatable bonds is 10. The van der Waals surface area contributed by atoms with Gasteiger partial charge in [-0.1, -0.05) is 58.4 Å². The Hall–Kier alpha value is -3.32. The van der Waals surface area contributed by atoms with Crippen molar-refractivity contribution in [2.45, 2.75) is 45.3 Å². The maximum Gasteiger partial charge on any atom is 0.261 e. The lowest BCUT2D eigenvalue weighted by Crippen LogP contribution is -2.55. The molecule has 0 radical (unpaired) electrons. The first-order chi connectivity index (χ1) is 17.1. The summed E-state index contributed by atoms with van der Waals surface area (Å²) in [5.74, 6) is 0.763. The minimum Gasteiger partial charge on any atom is -0.497 e. The summed E-state index contributed by atoms with van der Waals surface area (Å²) in [6.45, 7) is 5.86. The predicted octanol–water partition coefficient (Wildman–Crippen LogP) is 5.39. The highest BCUT2D eigenvalue weighted by Gasteiger charge is 2.32. The third kappa shape index (κ3) is 8.41. The first-order valence-electron chi connectivity index (χ1n) is 11.8. The van der Waals surface area contributed by atoms with E-state index in [2.05, 4.69) is 21.2 Å². The molecule has 3 aromatic rings. The van der Waals surface area contributed by atoms with Gasteiger partial charge in [-0.3, -0.25) is 9.59 Å². The Kier molecular flexibility index (Phi) is 9.53. The smallest absolute Gasteiger partial charge is 0.261 e. The van der Waals surface area contributed by atoms with Crippen LogP contribution in [0.5, 0.6) is 11.5 Å². The van der Waals surface area contributed by atoms with Crippen molar-refractivity contribution in [3.8, 4) is 11.5 Å². The van der Waals surface area contributed by atoms with E-state index >= 15 is 0 Å². The Bertz CT molecular complexity index is 1130. The maximum absolute atomic E-state index is 13.6. The summed E-state index contributed by atoms with van der Waals surface area (Å²) in [5.41, 5.74) is 1.44. The molecule has 0 aliphatic carbocycles. The zero-order valence-corrected chi connectivity index (χ0v) is 22.7. The van der Waals surface area contributed by atoms with Crippen LogP contribution < -0.4 is 14.8 Å². The van der Waals surface area contributed by atoms with Gasteiger partial charge in [0.1, 0.15) is 17.5 Å². The van der Waals surface area contributed by atoms with E-state index in [4.69, 9.17) is 9.47 Å². The number of nitrogens with one attached hydrogen (secondary N) is 1. The summed E-state index contributed by atoms with van der Waals surface area (Å²) in [6.07, 6.45) is 0.382. The lowest BCUT2D eigenvalue weighted by Gasteiger charge is -2.33. The molecule has 0 heterocycles. The van der Waals surface area contributed by atoms with Crippen LogP contribution in [0, 0.1) is 0 Å². The van der Waals surface area contributed by atoms with Crippen molar-refractivity contribution in [2.24, 2.45) is 0 Å². The van der Waals surface area contributed by atoms with E-state index in [1.54, 1.807) is 36.3 Å². The number of carbonyl (C=O) groups excluding carboxylic acids is 2. The SMILES string of the molecule is COc1ccc(OCC(=O)N(Cc2ccc(Br)cc2)[C@H](Cc2ccccc2)C(=O)NC(C)(C)C)cc1. The van der Waals surface area contributed by atoms with Gasteiger partial charge in [0.25, 0.3) is 5.91 Å². The van der Waals surface area contributed by atoms with Gasteiger partial charge >= 0.3 is 0 Å². The molecule has 1 N–H and O–H groups in total. The van der Waals surface area contributed by atoms with Crippen molar-refractivity contribution in [1.82, 2.24) is 10.2 Å². The molecule has 190 valence electrons. The third-order valence-electron chi connectivity index (χ3n) is 5.46. The summed E-state index contributed by atoms with van der Waals surface area (Å²) in [6, 6.07) is 23.8. The topological polar surface area (TPSA) is 67.9 Å². The molecule has 2 amide bonds. The van der Waals surface area contributed by atoms with Gasteiger partial charge in [-0.15, -0.1) is 0 Å². The third-order valence-corrected chi connectivity index (χ3v) is 5.99. The predicted molar refractivity (Wildman–Crippen MR) is 145 cm³/mol. The average Bonchev–Trinajstić information content (AvgIpc) is 2.85. The Morgan fingerprint density at radius 3 is 2.08 bits per heavy atom. The first-order valence-corrected chi connectivity index (χ1v) is 12.6. The van der Waals surface area contributed by atoms with Crippen molar-refractivity contribution < 1.29 is 19.1 Å². The number of ether oxygens (including phenoxy) is 2. The lowest BCUT2D eigenvalue weighted by atomic mass is 10.0. The van der Waals surface area contributed by atoms with Gasteiger partial charge in [0.2, 0.25) is 5.91 Å². The van der Waals surface area contributed by atoms with E-state index in [0.717, 1.165) is 15.6 Å². The van der Waals surface area contributed by atoms with Gasteiger partial charge < -0.3 is 19.7 Å². The second-order valence-electron chi connectivity index (χ2n) is 9.56. The molecule has 1 atom stereocenters. The number of carbonyl (C=O) groups is 2. The van der Waals surface area contributed by atoms with Gasteiger partial charge in [0, 0.05) is 23.0 Å². The molecule has 7 heteroatoms. The molecule has 3 aromatic carbocycles. The molecule has 0 fully saturated rings. The van der Waals surface area contributed by atoms with Crippen molar-refractivity contribution in [1.29, 1.82) is 0 Å². The van der Waals surface area contributed by atoms with Crippen LogP contribution in [0.4, 0.5) is 0 Å². The van der Waals surface area contributed by atoms with Crippen LogP contribution in [0.25, 0.3) is 0 Å². The number of hydrogen-bond donors (Lipinski definition) is 1. The van der Waals surface area contributed by atoms with Crippen LogP contribution >= 0.6 is 15.9 Å². The second-order valence-corrected chi connectivity index (χ2v) is 10.5. The minimum absolute atomic E-state index is 0.197. The number of amides is 2. The Morgan fingerprint density at radius 1 is 0.889 bits per heavy atom. The standard InChI is InChI=1S/C29H33BrN2O4/c1-29(2,3)31-28(34)26(18-21-8-6-5-7-9-21)32(19-22-10-12-23(30)13-11-22)27(33)20-36-25-16-14-24(35-4)15-17-25/h5-17,26H,18-20H2,1-4H3,(H,31,34)/t26-/m1/s1. The quantitative estimate of drug-likeness (QED) is 0.366. The highest BCUT2D eigenvalue weighted by atomic mass is 79.9. The molecule has 0 aliphatic rings. The molecule has 0 spiro atoms. The number of methoxy groups -OCH3 is 1. The van der Waals surface area contributed by atoms with Crippen molar-refractivity contribution in [2.75, 3.05) is 13.7 Å². The van der Waals surface area contributed by atoms with Gasteiger partial charge in [0.15, 0.2) is 6.61 Å². The molecule has 0 saturated heterocycles. The van der Waals surface area contributed by atoms with E-state index < -0.39 is 11.6 Å². The van der Waals surface area contributed by atoms with E-state index in [1.807, 2.05) is 75.4 Å². The summed E-state index contributed by atoms with van der Waals surface area (Å²) in [4.78, 5) is 28.7. The number of halogens is 1. The van der Waals surface area contributed by atoms with Gasteiger partial charge in [-0.05, 0) is 68.3 Å². The van der Waals surface area contributed by atoms with Crippen LogP contribution in [-0.4, -0.2) is 42.0 Å². The van der Waals surface area contributed by atoms with Crippen molar-refractivity contribution in [3.05, 3.63) is 94.5 Å². The molecular weight excluding hydrogens is 520 g/mol. The molecule has 36 heavy (non-hydrogen) atoms. The summed E-state index contributed by atoms with van der Waals surface area (Å²) in [5, 5.41) is 3.06. The fourth-order valence-electron chi connectivity index (χ4n) is 3.69. The molecule has 3 rings (SSSR count). The van der Waals surface area contributed by atoms with Crippen molar-refractivity contribution in [3.63, 3.8) is 0 Å². The van der Waals surface area contributed by atoms with Crippen LogP contribution in [0.1, 0.15) is 31.9 Å². The van der Waals surface area contributed by atoms with E-state index in [1.165, 1.54) is 0 Å². The van der Waals surface area contributed by atoms with Crippen LogP contribution in [0.3, 0.4) is 0 Å². The highest BCUT2D eigenvalue weighted by molar-refractivity contribution is 9.10. The Balaban J connectivity index is 1.90. The van der Waals surface area contributed by atoms with E-state index in [9.17, 15) is 9.59 Å². The van der Waals surface area contributed by atoms with Gasteiger partial charge in [-0.2, -0.15) is 0 Å². The summed E-state index contributed by atoms with van der Waals surface area (Å²) >= 11 is 3.46. The van der Waals surface area contributed by atoms with E-state index in [0.29, 0.717) is 17.9 Å². The first kappa shape index (κ1) is 27.3. The monoisotopic (exact) mass is 552 g/mol. The summed E-state index contributed by atoms with van der Waals surface area (Å²) in [7, 11) is 1.59. The fourth-order valence-corrected chi connectivity index (χ4v) is 3.96. The second kappa shape index (κ2) is 12.6. The number of benzene rings is 3. The molecule has 0 unspecified atom stereocenters. The number of nitrogens with zero attached hydrogens (tertiary/aromatic N) is 1. The van der Waals surface area contributed by atoms with Crippen molar-refractivity contribution >= 4 is 27.7 Å². The molecule has 0 bridgehead atoms.